The van der Waals surface area contributed by atoms with Crippen LogP contribution in [0.25, 0.3) is 0 Å². The van der Waals surface area contributed by atoms with Crippen molar-refractivity contribution >= 4 is 28.2 Å². The van der Waals surface area contributed by atoms with Gasteiger partial charge in [0, 0.05) is 25.7 Å². The van der Waals surface area contributed by atoms with E-state index in [0.29, 0.717) is 16.6 Å². The van der Waals surface area contributed by atoms with Crippen molar-refractivity contribution in [1.82, 2.24) is 9.88 Å². The van der Waals surface area contributed by atoms with Gasteiger partial charge in [0.2, 0.25) is 0 Å². The van der Waals surface area contributed by atoms with Crippen LogP contribution in [0.4, 0.5) is 10.9 Å². The number of piperidine rings is 1. The molecule has 6 heteroatoms. The van der Waals surface area contributed by atoms with E-state index in [2.05, 4.69) is 37.6 Å². The van der Waals surface area contributed by atoms with Crippen LogP contribution in [0.15, 0.2) is 0 Å². The maximum Gasteiger partial charge on any atom is 0.268 e. The number of aromatic nitrogens is 1. The van der Waals surface area contributed by atoms with Crippen LogP contribution in [0.3, 0.4) is 0 Å². The number of thiazole rings is 1. The number of likely N-dealkylation sites (tertiary alicyclic amines) is 1. The fourth-order valence-electron chi connectivity index (χ4n) is 2.86. The van der Waals surface area contributed by atoms with Crippen LogP contribution in [0, 0.1) is 5.92 Å². The Bertz CT molecular complexity index is 498. The van der Waals surface area contributed by atoms with Crippen LogP contribution in [0.5, 0.6) is 0 Å². The molecular weight excluding hydrogens is 284 g/mol. The van der Waals surface area contributed by atoms with E-state index >= 15 is 0 Å². The second-order valence-corrected chi connectivity index (χ2v) is 6.72. The Morgan fingerprint density at radius 3 is 2.71 bits per heavy atom. The van der Waals surface area contributed by atoms with Crippen molar-refractivity contribution in [2.45, 2.75) is 46.6 Å². The third-order valence-electron chi connectivity index (χ3n) is 4.50. The van der Waals surface area contributed by atoms with E-state index < -0.39 is 0 Å². The van der Waals surface area contributed by atoms with Crippen LogP contribution in [-0.4, -0.2) is 41.5 Å². The predicted octanol–water partition coefficient (Wildman–Crippen LogP) is 2.83. The minimum absolute atomic E-state index is 0.0439. The highest BCUT2D eigenvalue weighted by molar-refractivity contribution is 7.18. The van der Waals surface area contributed by atoms with E-state index in [1.54, 1.807) is 0 Å². The number of hydrogen-bond acceptors (Lipinski definition) is 5. The molecule has 0 radical (unpaired) electrons. The zero-order valence-corrected chi connectivity index (χ0v) is 14.2. The first-order chi connectivity index (χ1) is 9.99. The lowest BCUT2D eigenvalue weighted by Crippen LogP contribution is -2.45. The number of rotatable bonds is 4. The van der Waals surface area contributed by atoms with E-state index in [0.717, 1.165) is 31.2 Å². The number of anilines is 2. The standard InChI is InChI=1S/C15H26N4OS/c1-5-18(6-2)15-17-13(16)12(21-15)14(20)19-9-7-8-10(3)11(19)4/h10-11H,5-9,16H2,1-4H3. The maximum absolute atomic E-state index is 12.8. The maximum atomic E-state index is 12.8. The van der Waals surface area contributed by atoms with Gasteiger partial charge in [0.25, 0.3) is 5.91 Å². The Labute approximate surface area is 131 Å². The number of nitrogens with two attached hydrogens (primary N) is 1. The Hall–Kier alpha value is -1.30. The number of nitrogen functional groups attached to an aromatic ring is 1. The lowest BCUT2D eigenvalue weighted by atomic mass is 9.92. The van der Waals surface area contributed by atoms with Crippen molar-refractivity contribution in [2.75, 3.05) is 30.3 Å². The molecule has 118 valence electrons. The highest BCUT2D eigenvalue weighted by atomic mass is 32.1. The summed E-state index contributed by atoms with van der Waals surface area (Å²) in [5.74, 6) is 0.957. The molecule has 2 heterocycles. The molecule has 0 aliphatic carbocycles. The molecule has 5 nitrogen and oxygen atoms in total. The van der Waals surface area contributed by atoms with Crippen LogP contribution in [0.1, 0.15) is 50.2 Å². The summed E-state index contributed by atoms with van der Waals surface area (Å²) in [6, 6.07) is 0.268. The molecule has 2 N–H and O–H groups in total. The molecule has 0 aromatic carbocycles. The third kappa shape index (κ3) is 3.15. The zero-order valence-electron chi connectivity index (χ0n) is 13.4. The predicted molar refractivity (Wildman–Crippen MR) is 89.0 cm³/mol. The molecule has 0 spiro atoms. The van der Waals surface area contributed by atoms with E-state index in [9.17, 15) is 4.79 Å². The Balaban J connectivity index is 2.23. The van der Waals surface area contributed by atoms with Gasteiger partial charge in [-0.2, -0.15) is 0 Å². The average molecular weight is 310 g/mol. The van der Waals surface area contributed by atoms with Gasteiger partial charge in [0.1, 0.15) is 10.7 Å². The molecule has 21 heavy (non-hydrogen) atoms. The second kappa shape index (κ2) is 6.64. The molecule has 1 aliphatic rings. The van der Waals surface area contributed by atoms with Crippen molar-refractivity contribution in [3.63, 3.8) is 0 Å². The highest BCUT2D eigenvalue weighted by Gasteiger charge is 2.31. The van der Waals surface area contributed by atoms with E-state index in [-0.39, 0.29) is 11.9 Å². The first-order valence-electron chi connectivity index (χ1n) is 7.81. The first kappa shape index (κ1) is 16.1. The fraction of sp³-hybridized carbons (Fsp3) is 0.733. The van der Waals surface area contributed by atoms with Gasteiger partial charge in [-0.1, -0.05) is 18.3 Å². The minimum atomic E-state index is 0.0439. The largest absolute Gasteiger partial charge is 0.382 e. The number of amides is 1. The van der Waals surface area contributed by atoms with Gasteiger partial charge in [0.05, 0.1) is 0 Å². The van der Waals surface area contributed by atoms with Gasteiger partial charge in [-0.3, -0.25) is 4.79 Å². The molecule has 1 aliphatic heterocycles. The highest BCUT2D eigenvalue weighted by Crippen LogP contribution is 2.32. The van der Waals surface area contributed by atoms with Gasteiger partial charge >= 0.3 is 0 Å². The molecule has 2 unspecified atom stereocenters. The van der Waals surface area contributed by atoms with Gasteiger partial charge in [-0.25, -0.2) is 4.98 Å². The van der Waals surface area contributed by atoms with Gasteiger partial charge in [-0.15, -0.1) is 0 Å². The van der Waals surface area contributed by atoms with Crippen molar-refractivity contribution < 1.29 is 4.79 Å². The number of carbonyl (C=O) groups is 1. The smallest absolute Gasteiger partial charge is 0.268 e. The molecule has 0 bridgehead atoms. The average Bonchev–Trinajstić information content (AvgIpc) is 2.84. The van der Waals surface area contributed by atoms with Crippen molar-refractivity contribution in [1.29, 1.82) is 0 Å². The summed E-state index contributed by atoms with van der Waals surface area (Å²) in [4.78, 5) is 21.9. The number of hydrogen-bond donors (Lipinski definition) is 1. The van der Waals surface area contributed by atoms with Gasteiger partial charge in [-0.05, 0) is 39.5 Å². The van der Waals surface area contributed by atoms with Gasteiger partial charge in [0.15, 0.2) is 5.13 Å². The normalized spacial score (nSPS) is 22.4. The molecule has 2 rings (SSSR count). The first-order valence-corrected chi connectivity index (χ1v) is 8.63. The number of nitrogens with zero attached hydrogens (tertiary/aromatic N) is 3. The summed E-state index contributed by atoms with van der Waals surface area (Å²) in [7, 11) is 0. The molecule has 1 saturated heterocycles. The lowest BCUT2D eigenvalue weighted by Gasteiger charge is -2.37. The molecule has 1 fully saturated rings. The summed E-state index contributed by atoms with van der Waals surface area (Å²) >= 11 is 1.42. The molecule has 2 atom stereocenters. The Morgan fingerprint density at radius 1 is 1.43 bits per heavy atom. The van der Waals surface area contributed by atoms with Crippen molar-refractivity contribution in [3.05, 3.63) is 4.88 Å². The second-order valence-electron chi connectivity index (χ2n) is 5.74. The Morgan fingerprint density at radius 2 is 2.10 bits per heavy atom. The van der Waals surface area contributed by atoms with Crippen LogP contribution in [-0.2, 0) is 0 Å². The fourth-order valence-corrected chi connectivity index (χ4v) is 3.92. The summed E-state index contributed by atoms with van der Waals surface area (Å²) in [5, 5.41) is 0.846. The molecule has 1 aromatic heterocycles. The monoisotopic (exact) mass is 310 g/mol. The number of carbonyl (C=O) groups excluding carboxylic acids is 1. The Kier molecular flexibility index (Phi) is 5.08. The summed E-state index contributed by atoms with van der Waals surface area (Å²) in [5.41, 5.74) is 6.00. The molecule has 0 saturated carbocycles. The molecule has 1 aromatic rings. The SMILES string of the molecule is CCN(CC)c1nc(N)c(C(=O)N2CCCC(C)C2C)s1. The van der Waals surface area contributed by atoms with E-state index in [4.69, 9.17) is 5.73 Å². The van der Waals surface area contributed by atoms with Gasteiger partial charge < -0.3 is 15.5 Å². The van der Waals surface area contributed by atoms with Crippen LogP contribution in [0.2, 0.25) is 0 Å². The quantitative estimate of drug-likeness (QED) is 0.929. The molecular formula is C15H26N4OS. The third-order valence-corrected chi connectivity index (χ3v) is 5.62. The summed E-state index contributed by atoms with van der Waals surface area (Å²) in [6.07, 6.45) is 2.26. The minimum Gasteiger partial charge on any atom is -0.382 e. The van der Waals surface area contributed by atoms with E-state index in [1.165, 1.54) is 17.8 Å². The van der Waals surface area contributed by atoms with Crippen LogP contribution >= 0.6 is 11.3 Å². The summed E-state index contributed by atoms with van der Waals surface area (Å²) in [6.45, 7) is 11.1. The van der Waals surface area contributed by atoms with Crippen LogP contribution < -0.4 is 10.6 Å². The van der Waals surface area contributed by atoms with Crippen molar-refractivity contribution in [2.24, 2.45) is 5.92 Å². The van der Waals surface area contributed by atoms with E-state index in [1.807, 2.05) is 4.90 Å². The summed E-state index contributed by atoms with van der Waals surface area (Å²) < 4.78 is 0. The topological polar surface area (TPSA) is 62.5 Å². The zero-order chi connectivity index (χ0) is 15.6. The molecule has 1 amide bonds. The van der Waals surface area contributed by atoms with Crippen molar-refractivity contribution in [3.8, 4) is 0 Å². The lowest BCUT2D eigenvalue weighted by molar-refractivity contribution is 0.0557.